The molecule has 0 bridgehead atoms. The van der Waals surface area contributed by atoms with Crippen LogP contribution in [0.15, 0.2) is 79.1 Å². The van der Waals surface area contributed by atoms with Gasteiger partial charge in [-0.15, -0.1) is 0 Å². The molecule has 2 aromatic carbocycles. The van der Waals surface area contributed by atoms with Crippen LogP contribution in [0.3, 0.4) is 0 Å². The van der Waals surface area contributed by atoms with Crippen LogP contribution in [-0.2, 0) is 11.2 Å². The minimum absolute atomic E-state index is 0.0762. The summed E-state index contributed by atoms with van der Waals surface area (Å²) in [4.78, 5) is 16.9. The number of nitriles is 1. The van der Waals surface area contributed by atoms with E-state index < -0.39 is 0 Å². The molecule has 3 aromatic rings. The molecule has 122 valence electrons. The lowest BCUT2D eigenvalue weighted by Crippen LogP contribution is -2.23. The van der Waals surface area contributed by atoms with Crippen molar-refractivity contribution < 1.29 is 4.79 Å². The zero-order valence-electron chi connectivity index (χ0n) is 13.6. The van der Waals surface area contributed by atoms with E-state index in [9.17, 15) is 4.79 Å². The van der Waals surface area contributed by atoms with Gasteiger partial charge in [0.25, 0.3) is 0 Å². The summed E-state index contributed by atoms with van der Waals surface area (Å²) in [5.74, 6) is -0.382. The first-order valence-electron chi connectivity index (χ1n) is 8.01. The predicted molar refractivity (Wildman–Crippen MR) is 96.9 cm³/mol. The van der Waals surface area contributed by atoms with Crippen molar-refractivity contribution in [2.45, 2.75) is 12.3 Å². The van der Waals surface area contributed by atoms with Gasteiger partial charge in [0.2, 0.25) is 5.91 Å². The highest BCUT2D eigenvalue weighted by Gasteiger charge is 2.21. The van der Waals surface area contributed by atoms with Crippen molar-refractivity contribution in [1.29, 1.82) is 5.26 Å². The van der Waals surface area contributed by atoms with E-state index in [1.54, 1.807) is 36.7 Å². The topological polar surface area (TPSA) is 65.8 Å². The fraction of sp³-hybridized carbons (Fsp3) is 0.0952. The van der Waals surface area contributed by atoms with Gasteiger partial charge in [-0.05, 0) is 53.9 Å². The number of nitrogens with one attached hydrogen (secondary N) is 1. The summed E-state index contributed by atoms with van der Waals surface area (Å²) in [6.07, 6.45) is 4.06. The van der Waals surface area contributed by atoms with Crippen molar-refractivity contribution in [3.8, 4) is 6.07 Å². The van der Waals surface area contributed by atoms with Crippen LogP contribution in [0.4, 0.5) is 5.69 Å². The number of hydrogen-bond donors (Lipinski definition) is 1. The minimum Gasteiger partial charge on any atom is -0.326 e. The fourth-order valence-electron chi connectivity index (χ4n) is 2.66. The molecule has 4 nitrogen and oxygen atoms in total. The normalized spacial score (nSPS) is 11.3. The smallest absolute Gasteiger partial charge is 0.232 e. The van der Waals surface area contributed by atoms with Gasteiger partial charge < -0.3 is 5.32 Å². The van der Waals surface area contributed by atoms with Crippen molar-refractivity contribution in [3.63, 3.8) is 0 Å². The standard InChI is InChI=1S/C21H17N3O/c22-15-17-6-8-19(9-7-17)24-21(25)20(18-4-2-1-3-5-18)14-16-10-12-23-13-11-16/h1-13,20H,14H2,(H,24,25). The Hall–Kier alpha value is -3.45. The van der Waals surface area contributed by atoms with Gasteiger partial charge in [-0.1, -0.05) is 30.3 Å². The maximum absolute atomic E-state index is 12.9. The number of nitrogens with zero attached hydrogens (tertiary/aromatic N) is 2. The van der Waals surface area contributed by atoms with Crippen molar-refractivity contribution >= 4 is 11.6 Å². The van der Waals surface area contributed by atoms with Crippen molar-refractivity contribution in [2.24, 2.45) is 0 Å². The summed E-state index contributed by atoms with van der Waals surface area (Å²) in [6.45, 7) is 0. The van der Waals surface area contributed by atoms with Crippen LogP contribution in [0.2, 0.25) is 0 Å². The Morgan fingerprint density at radius 3 is 2.32 bits per heavy atom. The molecule has 1 N–H and O–H groups in total. The Bertz CT molecular complexity index is 869. The van der Waals surface area contributed by atoms with Gasteiger partial charge in [0.05, 0.1) is 17.6 Å². The van der Waals surface area contributed by atoms with Crippen LogP contribution < -0.4 is 5.32 Å². The fourth-order valence-corrected chi connectivity index (χ4v) is 2.66. The van der Waals surface area contributed by atoms with E-state index in [1.807, 2.05) is 42.5 Å². The van der Waals surface area contributed by atoms with Crippen LogP contribution in [-0.4, -0.2) is 10.9 Å². The Morgan fingerprint density at radius 1 is 1.00 bits per heavy atom. The molecule has 0 spiro atoms. The van der Waals surface area contributed by atoms with Gasteiger partial charge in [0.15, 0.2) is 0 Å². The molecule has 3 rings (SSSR count). The van der Waals surface area contributed by atoms with Crippen molar-refractivity contribution in [1.82, 2.24) is 4.98 Å². The van der Waals surface area contributed by atoms with E-state index in [2.05, 4.69) is 16.4 Å². The highest BCUT2D eigenvalue weighted by atomic mass is 16.1. The summed E-state index contributed by atoms with van der Waals surface area (Å²) in [7, 11) is 0. The molecule has 1 atom stereocenters. The van der Waals surface area contributed by atoms with Gasteiger partial charge in [0.1, 0.15) is 0 Å². The Labute approximate surface area is 146 Å². The molecule has 1 heterocycles. The van der Waals surface area contributed by atoms with E-state index in [1.165, 1.54) is 0 Å². The molecule has 0 aliphatic rings. The SMILES string of the molecule is N#Cc1ccc(NC(=O)C(Cc2ccncc2)c2ccccc2)cc1. The summed E-state index contributed by atoms with van der Waals surface area (Å²) in [6, 6.07) is 22.5. The average molecular weight is 327 g/mol. The molecule has 0 radical (unpaired) electrons. The van der Waals surface area contributed by atoms with Gasteiger partial charge >= 0.3 is 0 Å². The molecular weight excluding hydrogens is 310 g/mol. The molecule has 4 heteroatoms. The van der Waals surface area contributed by atoms with E-state index in [4.69, 9.17) is 5.26 Å². The molecule has 0 saturated carbocycles. The number of rotatable bonds is 5. The monoisotopic (exact) mass is 327 g/mol. The number of carbonyl (C=O) groups excluding carboxylic acids is 1. The molecular formula is C21H17N3O. The largest absolute Gasteiger partial charge is 0.326 e. The zero-order valence-corrected chi connectivity index (χ0v) is 13.6. The number of pyridine rings is 1. The predicted octanol–water partition coefficient (Wildman–Crippen LogP) is 3.92. The third-order valence-electron chi connectivity index (χ3n) is 3.99. The number of carbonyl (C=O) groups is 1. The van der Waals surface area contributed by atoms with Crippen LogP contribution in [0.25, 0.3) is 0 Å². The Balaban J connectivity index is 1.82. The first-order valence-corrected chi connectivity index (χ1v) is 8.01. The first kappa shape index (κ1) is 16.4. The van der Waals surface area contributed by atoms with Gasteiger partial charge in [-0.3, -0.25) is 9.78 Å². The minimum atomic E-state index is -0.306. The highest BCUT2D eigenvalue weighted by Crippen LogP contribution is 2.23. The summed E-state index contributed by atoms with van der Waals surface area (Å²) < 4.78 is 0. The number of aromatic nitrogens is 1. The maximum atomic E-state index is 12.9. The van der Waals surface area contributed by atoms with Crippen LogP contribution >= 0.6 is 0 Å². The van der Waals surface area contributed by atoms with E-state index >= 15 is 0 Å². The Morgan fingerprint density at radius 2 is 1.68 bits per heavy atom. The maximum Gasteiger partial charge on any atom is 0.232 e. The molecule has 0 aliphatic heterocycles. The van der Waals surface area contributed by atoms with E-state index in [-0.39, 0.29) is 11.8 Å². The lowest BCUT2D eigenvalue weighted by atomic mass is 9.91. The number of anilines is 1. The Kier molecular flexibility index (Phi) is 5.18. The van der Waals surface area contributed by atoms with Crippen molar-refractivity contribution in [3.05, 3.63) is 95.8 Å². The molecule has 25 heavy (non-hydrogen) atoms. The molecule has 0 saturated heterocycles. The van der Waals surface area contributed by atoms with Gasteiger partial charge in [0, 0.05) is 18.1 Å². The second-order valence-electron chi connectivity index (χ2n) is 5.70. The summed E-state index contributed by atoms with van der Waals surface area (Å²) in [5, 5.41) is 11.8. The number of hydrogen-bond acceptors (Lipinski definition) is 3. The van der Waals surface area contributed by atoms with Crippen LogP contribution in [0.5, 0.6) is 0 Å². The summed E-state index contributed by atoms with van der Waals surface area (Å²) >= 11 is 0. The summed E-state index contributed by atoms with van der Waals surface area (Å²) in [5.41, 5.74) is 3.26. The third kappa shape index (κ3) is 4.30. The van der Waals surface area contributed by atoms with Gasteiger partial charge in [-0.25, -0.2) is 0 Å². The molecule has 1 amide bonds. The molecule has 1 unspecified atom stereocenters. The van der Waals surface area contributed by atoms with Gasteiger partial charge in [-0.2, -0.15) is 5.26 Å². The van der Waals surface area contributed by atoms with Crippen LogP contribution in [0, 0.1) is 11.3 Å². The first-order chi connectivity index (χ1) is 12.3. The second kappa shape index (κ2) is 7.89. The quantitative estimate of drug-likeness (QED) is 0.772. The molecule has 1 aromatic heterocycles. The van der Waals surface area contributed by atoms with E-state index in [0.717, 1.165) is 11.1 Å². The van der Waals surface area contributed by atoms with Crippen molar-refractivity contribution in [2.75, 3.05) is 5.32 Å². The number of amides is 1. The zero-order chi connectivity index (χ0) is 17.5. The number of benzene rings is 2. The van der Waals surface area contributed by atoms with E-state index in [0.29, 0.717) is 17.7 Å². The molecule has 0 fully saturated rings. The lowest BCUT2D eigenvalue weighted by Gasteiger charge is -2.17. The third-order valence-corrected chi connectivity index (χ3v) is 3.99. The van der Waals surface area contributed by atoms with Crippen LogP contribution in [0.1, 0.15) is 22.6 Å². The molecule has 0 aliphatic carbocycles. The average Bonchev–Trinajstić information content (AvgIpc) is 2.68. The highest BCUT2D eigenvalue weighted by molar-refractivity contribution is 5.96. The lowest BCUT2D eigenvalue weighted by molar-refractivity contribution is -0.117. The second-order valence-corrected chi connectivity index (χ2v) is 5.70.